The van der Waals surface area contributed by atoms with E-state index in [0.717, 1.165) is 5.82 Å². The zero-order valence-electron chi connectivity index (χ0n) is 11.4. The van der Waals surface area contributed by atoms with Crippen LogP contribution < -0.4 is 5.32 Å². The fraction of sp³-hybridized carbons (Fsp3) is 0.500. The molecule has 0 amide bonds. The maximum atomic E-state index is 10.8. The Balaban J connectivity index is 2.41. The van der Waals surface area contributed by atoms with E-state index in [1.54, 1.807) is 23.6 Å². The molecule has 102 valence electrons. The van der Waals surface area contributed by atoms with E-state index < -0.39 is 12.0 Å². The molecule has 0 saturated heterocycles. The lowest BCUT2D eigenvalue weighted by Crippen LogP contribution is -2.26. The average Bonchev–Trinajstić information content (AvgIpc) is 2.71. The van der Waals surface area contributed by atoms with E-state index in [1.165, 1.54) is 0 Å². The minimum Gasteiger partial charge on any atom is -0.480 e. The first-order valence-corrected chi connectivity index (χ1v) is 6.01. The molecule has 0 aliphatic heterocycles. The number of nitrogens with zero attached hydrogens (tertiary/aromatic N) is 4. The Kier molecular flexibility index (Phi) is 3.13. The van der Waals surface area contributed by atoms with E-state index in [1.807, 2.05) is 20.8 Å². The number of aromatic nitrogens is 4. The molecule has 2 rings (SSSR count). The summed E-state index contributed by atoms with van der Waals surface area (Å²) in [5, 5.41) is 24.2. The van der Waals surface area contributed by atoms with Gasteiger partial charge >= 0.3 is 5.97 Å². The van der Waals surface area contributed by atoms with Crippen molar-refractivity contribution in [1.82, 2.24) is 19.8 Å². The molecule has 0 saturated carbocycles. The van der Waals surface area contributed by atoms with Crippen LogP contribution in [0.1, 0.15) is 33.5 Å². The number of carbonyl (C=O) groups is 1. The summed E-state index contributed by atoms with van der Waals surface area (Å²) >= 11 is 0. The Morgan fingerprint density at radius 1 is 1.37 bits per heavy atom. The Morgan fingerprint density at radius 3 is 2.63 bits per heavy atom. The summed E-state index contributed by atoms with van der Waals surface area (Å²) in [4.78, 5) is 10.8. The molecule has 0 bridgehead atoms. The molecule has 0 aromatic carbocycles. The number of hydrogen-bond acceptors (Lipinski definition) is 5. The molecule has 0 aliphatic carbocycles. The Labute approximate surface area is 110 Å². The lowest BCUT2D eigenvalue weighted by atomic mass is 9.96. The first-order chi connectivity index (χ1) is 8.79. The molecule has 0 fully saturated rings. The number of fused-ring (bicyclic) bond motifs is 1. The predicted molar refractivity (Wildman–Crippen MR) is 70.2 cm³/mol. The van der Waals surface area contributed by atoms with Crippen molar-refractivity contribution >= 4 is 17.4 Å². The van der Waals surface area contributed by atoms with Gasteiger partial charge in [0.15, 0.2) is 11.5 Å². The van der Waals surface area contributed by atoms with Crippen LogP contribution in [0.2, 0.25) is 0 Å². The zero-order valence-corrected chi connectivity index (χ0v) is 11.4. The van der Waals surface area contributed by atoms with Crippen LogP contribution in [0.25, 0.3) is 5.65 Å². The van der Waals surface area contributed by atoms with Crippen molar-refractivity contribution in [3.8, 4) is 0 Å². The van der Waals surface area contributed by atoms with E-state index in [9.17, 15) is 4.79 Å². The SMILES string of the molecule is C[C@@H](Nc1ccc2nnc(C(C)(C)C)n2n1)C(=O)O. The van der Waals surface area contributed by atoms with Gasteiger partial charge in [0.1, 0.15) is 11.9 Å². The minimum absolute atomic E-state index is 0.191. The molecule has 0 aliphatic rings. The van der Waals surface area contributed by atoms with E-state index >= 15 is 0 Å². The number of carboxylic acids is 1. The van der Waals surface area contributed by atoms with E-state index in [-0.39, 0.29) is 5.41 Å². The summed E-state index contributed by atoms with van der Waals surface area (Å²) in [5.41, 5.74) is 0.446. The van der Waals surface area contributed by atoms with Crippen molar-refractivity contribution in [2.45, 2.75) is 39.2 Å². The summed E-state index contributed by atoms with van der Waals surface area (Å²) in [6, 6.07) is 2.74. The van der Waals surface area contributed by atoms with Gasteiger partial charge in [0, 0.05) is 5.41 Å². The van der Waals surface area contributed by atoms with Crippen LogP contribution in [0.4, 0.5) is 5.82 Å². The van der Waals surface area contributed by atoms with Crippen LogP contribution in [0, 0.1) is 0 Å². The van der Waals surface area contributed by atoms with Gasteiger partial charge in [-0.05, 0) is 19.1 Å². The zero-order chi connectivity index (χ0) is 14.2. The molecule has 2 heterocycles. The van der Waals surface area contributed by atoms with Crippen LogP contribution >= 0.6 is 0 Å². The van der Waals surface area contributed by atoms with Crippen molar-refractivity contribution in [1.29, 1.82) is 0 Å². The van der Waals surface area contributed by atoms with Crippen molar-refractivity contribution in [3.05, 3.63) is 18.0 Å². The van der Waals surface area contributed by atoms with Crippen molar-refractivity contribution in [2.75, 3.05) is 5.32 Å². The first-order valence-electron chi connectivity index (χ1n) is 6.01. The smallest absolute Gasteiger partial charge is 0.325 e. The molecule has 19 heavy (non-hydrogen) atoms. The Bertz CT molecular complexity index is 614. The molecule has 0 spiro atoms. The standard InChI is InChI=1S/C12H17N5O2/c1-7(10(18)19)13-8-5-6-9-14-15-11(12(2,3)4)17(9)16-8/h5-7H,1-4H3,(H,13,16)(H,18,19)/t7-/m1/s1. The van der Waals surface area contributed by atoms with Gasteiger partial charge in [0.25, 0.3) is 0 Å². The maximum absolute atomic E-state index is 10.8. The quantitative estimate of drug-likeness (QED) is 0.867. The van der Waals surface area contributed by atoms with Crippen molar-refractivity contribution in [3.63, 3.8) is 0 Å². The second kappa shape index (κ2) is 4.49. The molecule has 1 atom stereocenters. The fourth-order valence-corrected chi connectivity index (χ4v) is 1.62. The maximum Gasteiger partial charge on any atom is 0.325 e. The van der Waals surface area contributed by atoms with Crippen molar-refractivity contribution < 1.29 is 9.90 Å². The topological polar surface area (TPSA) is 92.4 Å². The van der Waals surface area contributed by atoms with E-state index in [4.69, 9.17) is 5.11 Å². The number of aliphatic carboxylic acids is 1. The summed E-state index contributed by atoms with van der Waals surface area (Å²) in [7, 11) is 0. The van der Waals surface area contributed by atoms with Crippen LogP contribution in [-0.4, -0.2) is 36.9 Å². The van der Waals surface area contributed by atoms with Gasteiger partial charge in [-0.1, -0.05) is 20.8 Å². The van der Waals surface area contributed by atoms with Crippen LogP contribution in [0.15, 0.2) is 12.1 Å². The van der Waals surface area contributed by atoms with Crippen LogP contribution in [0.5, 0.6) is 0 Å². The monoisotopic (exact) mass is 263 g/mol. The molecule has 0 radical (unpaired) electrons. The number of hydrogen-bond donors (Lipinski definition) is 2. The molecule has 2 aromatic rings. The molecule has 7 nitrogen and oxygen atoms in total. The van der Waals surface area contributed by atoms with Crippen LogP contribution in [-0.2, 0) is 10.2 Å². The molecule has 2 aromatic heterocycles. The molecule has 0 unspecified atom stereocenters. The molecular formula is C12H17N5O2. The summed E-state index contributed by atoms with van der Waals surface area (Å²) in [5.74, 6) is 0.281. The summed E-state index contributed by atoms with van der Waals surface area (Å²) in [6.45, 7) is 7.62. The van der Waals surface area contributed by atoms with Gasteiger partial charge < -0.3 is 10.4 Å². The third-order valence-corrected chi connectivity index (χ3v) is 2.67. The first kappa shape index (κ1) is 13.3. The highest BCUT2D eigenvalue weighted by atomic mass is 16.4. The number of nitrogens with one attached hydrogen (secondary N) is 1. The highest BCUT2D eigenvalue weighted by Gasteiger charge is 2.22. The lowest BCUT2D eigenvalue weighted by Gasteiger charge is -2.15. The molecule has 2 N–H and O–H groups in total. The Morgan fingerprint density at radius 2 is 2.05 bits per heavy atom. The second-order valence-corrected chi connectivity index (χ2v) is 5.47. The van der Waals surface area contributed by atoms with E-state index in [0.29, 0.717) is 11.5 Å². The van der Waals surface area contributed by atoms with Crippen LogP contribution in [0.3, 0.4) is 0 Å². The number of rotatable bonds is 3. The van der Waals surface area contributed by atoms with Gasteiger partial charge in [-0.2, -0.15) is 4.52 Å². The van der Waals surface area contributed by atoms with Crippen molar-refractivity contribution in [2.24, 2.45) is 0 Å². The summed E-state index contributed by atoms with van der Waals surface area (Å²) in [6.07, 6.45) is 0. The highest BCUT2D eigenvalue weighted by Crippen LogP contribution is 2.20. The normalized spacial score (nSPS) is 13.5. The van der Waals surface area contributed by atoms with Gasteiger partial charge in [-0.25, -0.2) is 0 Å². The fourth-order valence-electron chi connectivity index (χ4n) is 1.62. The largest absolute Gasteiger partial charge is 0.480 e. The van der Waals surface area contributed by atoms with Gasteiger partial charge in [0.2, 0.25) is 0 Å². The van der Waals surface area contributed by atoms with Gasteiger partial charge in [0.05, 0.1) is 0 Å². The number of anilines is 1. The third kappa shape index (κ3) is 2.64. The predicted octanol–water partition coefficient (Wildman–Crippen LogP) is 1.31. The van der Waals surface area contributed by atoms with E-state index in [2.05, 4.69) is 20.6 Å². The molecule has 7 heteroatoms. The molecular weight excluding hydrogens is 246 g/mol. The second-order valence-electron chi connectivity index (χ2n) is 5.47. The Hall–Kier alpha value is -2.18. The minimum atomic E-state index is -0.929. The van der Waals surface area contributed by atoms with Gasteiger partial charge in [-0.15, -0.1) is 15.3 Å². The van der Waals surface area contributed by atoms with Gasteiger partial charge in [-0.3, -0.25) is 4.79 Å². The third-order valence-electron chi connectivity index (χ3n) is 2.67. The number of carboxylic acid groups (broad SMARTS) is 1. The lowest BCUT2D eigenvalue weighted by molar-refractivity contribution is -0.137. The average molecular weight is 263 g/mol. The summed E-state index contributed by atoms with van der Waals surface area (Å²) < 4.78 is 1.64. The highest BCUT2D eigenvalue weighted by molar-refractivity contribution is 5.76.